The van der Waals surface area contributed by atoms with Crippen molar-refractivity contribution in [3.05, 3.63) is 83.9 Å². The summed E-state index contributed by atoms with van der Waals surface area (Å²) in [5, 5.41) is 5.84. The Morgan fingerprint density at radius 2 is 1.46 bits per heavy atom. The molecule has 0 bridgehead atoms. The largest absolute Gasteiger partial charge is 0.135 e. The van der Waals surface area contributed by atoms with Crippen molar-refractivity contribution in [1.82, 2.24) is 0 Å². The van der Waals surface area contributed by atoms with E-state index >= 15 is 0 Å². The van der Waals surface area contributed by atoms with Gasteiger partial charge < -0.3 is 0 Å². The minimum absolute atomic E-state index is 0.807. The molecule has 0 saturated carbocycles. The fourth-order valence-electron chi connectivity index (χ4n) is 3.42. The summed E-state index contributed by atoms with van der Waals surface area (Å²) in [7, 11) is 0. The normalized spacial score (nSPS) is 11.5. The molecule has 5 aromatic rings. The number of rotatable bonds is 1. The van der Waals surface area contributed by atoms with Crippen molar-refractivity contribution in [3.8, 4) is 11.1 Å². The minimum Gasteiger partial charge on any atom is -0.135 e. The van der Waals surface area contributed by atoms with Gasteiger partial charge in [-0.1, -0.05) is 66.2 Å². The van der Waals surface area contributed by atoms with Crippen LogP contribution in [0.2, 0.25) is 5.02 Å². The Morgan fingerprint density at radius 3 is 2.38 bits per heavy atom. The van der Waals surface area contributed by atoms with Gasteiger partial charge in [0.15, 0.2) is 0 Å². The molecule has 0 aliphatic carbocycles. The van der Waals surface area contributed by atoms with Crippen LogP contribution in [-0.4, -0.2) is 0 Å². The van der Waals surface area contributed by atoms with E-state index in [-0.39, 0.29) is 0 Å². The number of benzene rings is 4. The number of hydrogen-bond donors (Lipinski definition) is 0. The molecule has 114 valence electrons. The Labute approximate surface area is 148 Å². The molecule has 0 aliphatic heterocycles. The zero-order valence-corrected chi connectivity index (χ0v) is 14.4. The highest BCUT2D eigenvalue weighted by Gasteiger charge is 2.14. The standard InChI is InChI=1S/C22H13ClS/c23-18-11-12-20-22(17-7-3-4-8-19(17)24-20)21(18)16-10-9-14-5-1-2-6-15(14)13-16/h1-13H. The van der Waals surface area contributed by atoms with Gasteiger partial charge in [-0.3, -0.25) is 0 Å². The van der Waals surface area contributed by atoms with Crippen LogP contribution >= 0.6 is 22.9 Å². The van der Waals surface area contributed by atoms with Crippen LogP contribution in [-0.2, 0) is 0 Å². The van der Waals surface area contributed by atoms with Gasteiger partial charge in [0.2, 0.25) is 0 Å². The second kappa shape index (κ2) is 5.34. The molecule has 0 amide bonds. The predicted octanol–water partition coefficient (Wildman–Crippen LogP) is 7.53. The topological polar surface area (TPSA) is 0 Å². The van der Waals surface area contributed by atoms with Crippen molar-refractivity contribution in [1.29, 1.82) is 0 Å². The van der Waals surface area contributed by atoms with Gasteiger partial charge in [-0.2, -0.15) is 0 Å². The Bertz CT molecular complexity index is 1220. The lowest BCUT2D eigenvalue weighted by Crippen LogP contribution is -1.83. The summed E-state index contributed by atoms with van der Waals surface area (Å²) < 4.78 is 2.58. The summed E-state index contributed by atoms with van der Waals surface area (Å²) in [5.74, 6) is 0. The van der Waals surface area contributed by atoms with E-state index in [1.807, 2.05) is 17.4 Å². The lowest BCUT2D eigenvalue weighted by Gasteiger charge is -2.09. The van der Waals surface area contributed by atoms with Gasteiger partial charge in [0.05, 0.1) is 0 Å². The quantitative estimate of drug-likeness (QED) is 0.295. The zero-order chi connectivity index (χ0) is 16.1. The van der Waals surface area contributed by atoms with Gasteiger partial charge in [0, 0.05) is 30.8 Å². The SMILES string of the molecule is Clc1ccc2sc3ccccc3c2c1-c1ccc2ccccc2c1. The molecular weight excluding hydrogens is 332 g/mol. The molecule has 5 rings (SSSR count). The van der Waals surface area contributed by atoms with E-state index in [9.17, 15) is 0 Å². The molecule has 4 aromatic carbocycles. The fraction of sp³-hybridized carbons (Fsp3) is 0. The second-order valence-electron chi connectivity index (χ2n) is 5.96. The first-order valence-electron chi connectivity index (χ1n) is 7.90. The van der Waals surface area contributed by atoms with Crippen LogP contribution < -0.4 is 0 Å². The number of halogens is 1. The zero-order valence-electron chi connectivity index (χ0n) is 12.8. The van der Waals surface area contributed by atoms with Crippen molar-refractivity contribution in [3.63, 3.8) is 0 Å². The maximum Gasteiger partial charge on any atom is 0.0491 e. The van der Waals surface area contributed by atoms with E-state index in [0.29, 0.717) is 0 Å². The highest BCUT2D eigenvalue weighted by atomic mass is 35.5. The average molecular weight is 345 g/mol. The molecule has 0 unspecified atom stereocenters. The van der Waals surface area contributed by atoms with Crippen molar-refractivity contribution < 1.29 is 0 Å². The Balaban J connectivity index is 1.91. The molecule has 0 spiro atoms. The molecule has 0 aliphatic rings. The Kier molecular flexibility index (Phi) is 3.12. The van der Waals surface area contributed by atoms with Crippen LogP contribution in [0.15, 0.2) is 78.9 Å². The Hall–Kier alpha value is -2.35. The summed E-state index contributed by atoms with van der Waals surface area (Å²) >= 11 is 8.48. The molecule has 0 fully saturated rings. The molecular formula is C22H13ClS. The first-order chi connectivity index (χ1) is 11.8. The summed E-state index contributed by atoms with van der Waals surface area (Å²) in [6.45, 7) is 0. The van der Waals surface area contributed by atoms with Gasteiger partial charge in [0.25, 0.3) is 0 Å². The van der Waals surface area contributed by atoms with E-state index in [4.69, 9.17) is 11.6 Å². The van der Waals surface area contributed by atoms with Gasteiger partial charge in [-0.15, -0.1) is 11.3 Å². The molecule has 24 heavy (non-hydrogen) atoms. The molecule has 0 nitrogen and oxygen atoms in total. The van der Waals surface area contributed by atoms with E-state index in [0.717, 1.165) is 10.6 Å². The number of fused-ring (bicyclic) bond motifs is 4. The minimum atomic E-state index is 0.807. The molecule has 0 atom stereocenters. The van der Waals surface area contributed by atoms with Crippen molar-refractivity contribution in [2.24, 2.45) is 0 Å². The smallest absolute Gasteiger partial charge is 0.0491 e. The molecule has 1 aromatic heterocycles. The molecule has 2 heteroatoms. The highest BCUT2D eigenvalue weighted by molar-refractivity contribution is 7.26. The van der Waals surface area contributed by atoms with Crippen LogP contribution in [0.3, 0.4) is 0 Å². The third kappa shape index (κ3) is 2.06. The van der Waals surface area contributed by atoms with Crippen LogP contribution in [0.4, 0.5) is 0 Å². The van der Waals surface area contributed by atoms with Crippen molar-refractivity contribution >= 4 is 53.9 Å². The average Bonchev–Trinajstić information content (AvgIpc) is 3.00. The first-order valence-corrected chi connectivity index (χ1v) is 9.10. The summed E-state index contributed by atoms with van der Waals surface area (Å²) in [4.78, 5) is 0. The van der Waals surface area contributed by atoms with E-state index < -0.39 is 0 Å². The van der Waals surface area contributed by atoms with E-state index in [1.54, 1.807) is 0 Å². The lowest BCUT2D eigenvalue weighted by molar-refractivity contribution is 1.70. The first kappa shape index (κ1) is 14.0. The van der Waals surface area contributed by atoms with Crippen molar-refractivity contribution in [2.45, 2.75) is 0 Å². The number of hydrogen-bond acceptors (Lipinski definition) is 1. The molecule has 1 heterocycles. The molecule has 0 radical (unpaired) electrons. The second-order valence-corrected chi connectivity index (χ2v) is 7.45. The van der Waals surface area contributed by atoms with E-state index in [2.05, 4.69) is 72.8 Å². The fourth-order valence-corrected chi connectivity index (χ4v) is 4.80. The van der Waals surface area contributed by atoms with Gasteiger partial charge >= 0.3 is 0 Å². The highest BCUT2D eigenvalue weighted by Crippen LogP contribution is 2.43. The van der Waals surface area contributed by atoms with Crippen LogP contribution in [0.25, 0.3) is 42.1 Å². The maximum absolute atomic E-state index is 6.65. The lowest BCUT2D eigenvalue weighted by atomic mass is 9.97. The maximum atomic E-state index is 6.65. The summed E-state index contributed by atoms with van der Waals surface area (Å²) in [6, 6.07) is 27.7. The number of thiophene rings is 1. The monoisotopic (exact) mass is 344 g/mol. The molecule has 0 saturated heterocycles. The molecule has 0 N–H and O–H groups in total. The van der Waals surface area contributed by atoms with Crippen LogP contribution in [0.1, 0.15) is 0 Å². The third-order valence-corrected chi connectivity index (χ3v) is 5.98. The third-order valence-electron chi connectivity index (χ3n) is 4.53. The van der Waals surface area contributed by atoms with Gasteiger partial charge in [-0.05, 0) is 40.6 Å². The Morgan fingerprint density at radius 1 is 0.667 bits per heavy atom. The van der Waals surface area contributed by atoms with Gasteiger partial charge in [-0.25, -0.2) is 0 Å². The van der Waals surface area contributed by atoms with Crippen LogP contribution in [0, 0.1) is 0 Å². The van der Waals surface area contributed by atoms with Crippen molar-refractivity contribution in [2.75, 3.05) is 0 Å². The van der Waals surface area contributed by atoms with E-state index in [1.165, 1.54) is 36.5 Å². The van der Waals surface area contributed by atoms with Crippen LogP contribution in [0.5, 0.6) is 0 Å². The summed E-state index contributed by atoms with van der Waals surface area (Å²) in [6.07, 6.45) is 0. The summed E-state index contributed by atoms with van der Waals surface area (Å²) in [5.41, 5.74) is 2.31. The van der Waals surface area contributed by atoms with Gasteiger partial charge in [0.1, 0.15) is 0 Å². The predicted molar refractivity (Wildman–Crippen MR) is 107 cm³/mol.